The number of carbonyl (C=O) groups excluding carboxylic acids is 2. The number of likely N-dealkylation sites (N-methyl/N-ethyl adjacent to an activating group) is 1. The number of aryl methyl sites for hydroxylation is 1. The standard InChI is InChI=1S/C17H24ClN3O3/c1-19(2)11-13-9-17(16(23)24-13)4-6-21(7-5-17)15(22)14-8-12(18)10-20(14)3/h8,10,13H,4-7,9,11H2,1-3H3. The van der Waals surface area contributed by atoms with Gasteiger partial charge in [-0.25, -0.2) is 0 Å². The van der Waals surface area contributed by atoms with Crippen LogP contribution in [0, 0.1) is 5.41 Å². The van der Waals surface area contributed by atoms with Crippen molar-refractivity contribution >= 4 is 23.5 Å². The van der Waals surface area contributed by atoms with Gasteiger partial charge in [0.25, 0.3) is 5.91 Å². The van der Waals surface area contributed by atoms with Crippen molar-refractivity contribution in [2.24, 2.45) is 12.5 Å². The van der Waals surface area contributed by atoms with Gasteiger partial charge in [0, 0.05) is 39.3 Å². The average Bonchev–Trinajstić information content (AvgIpc) is 2.98. The van der Waals surface area contributed by atoms with Gasteiger partial charge in [-0.1, -0.05) is 11.6 Å². The fourth-order valence-electron chi connectivity index (χ4n) is 3.79. The van der Waals surface area contributed by atoms with Gasteiger partial charge in [-0.2, -0.15) is 0 Å². The van der Waals surface area contributed by atoms with Crippen molar-refractivity contribution in [1.82, 2.24) is 14.4 Å². The van der Waals surface area contributed by atoms with Crippen molar-refractivity contribution in [2.75, 3.05) is 33.7 Å². The van der Waals surface area contributed by atoms with E-state index < -0.39 is 5.41 Å². The Balaban J connectivity index is 1.64. The molecule has 2 fully saturated rings. The van der Waals surface area contributed by atoms with Crippen LogP contribution in [0.2, 0.25) is 5.02 Å². The van der Waals surface area contributed by atoms with Gasteiger partial charge >= 0.3 is 5.97 Å². The minimum Gasteiger partial charge on any atom is -0.461 e. The highest BCUT2D eigenvalue weighted by Crippen LogP contribution is 2.43. The molecule has 2 saturated heterocycles. The summed E-state index contributed by atoms with van der Waals surface area (Å²) in [5.41, 5.74) is 0.166. The van der Waals surface area contributed by atoms with Crippen LogP contribution in [-0.4, -0.2) is 66.1 Å². The van der Waals surface area contributed by atoms with Gasteiger partial charge in [0.1, 0.15) is 11.8 Å². The zero-order chi connectivity index (χ0) is 17.5. The molecule has 1 aromatic heterocycles. The first-order valence-electron chi connectivity index (χ1n) is 8.28. The van der Waals surface area contributed by atoms with Crippen LogP contribution in [-0.2, 0) is 16.6 Å². The highest BCUT2D eigenvalue weighted by molar-refractivity contribution is 6.31. The van der Waals surface area contributed by atoms with Crippen LogP contribution in [0.5, 0.6) is 0 Å². The average molecular weight is 354 g/mol. The molecule has 2 aliphatic heterocycles. The summed E-state index contributed by atoms with van der Waals surface area (Å²) in [6, 6.07) is 1.69. The highest BCUT2D eigenvalue weighted by Gasteiger charge is 2.50. The number of rotatable bonds is 3. The first-order chi connectivity index (χ1) is 11.3. The summed E-state index contributed by atoms with van der Waals surface area (Å²) in [7, 11) is 5.76. The minimum absolute atomic E-state index is 0.0320. The third-order valence-electron chi connectivity index (χ3n) is 5.09. The number of amides is 1. The van der Waals surface area contributed by atoms with Crippen molar-refractivity contribution in [2.45, 2.75) is 25.4 Å². The SMILES string of the molecule is CN(C)CC1CC2(CCN(C(=O)c3cc(Cl)cn3C)CC2)C(=O)O1. The van der Waals surface area contributed by atoms with Crippen molar-refractivity contribution in [3.8, 4) is 0 Å². The van der Waals surface area contributed by atoms with Crippen molar-refractivity contribution in [1.29, 1.82) is 0 Å². The van der Waals surface area contributed by atoms with E-state index in [2.05, 4.69) is 0 Å². The van der Waals surface area contributed by atoms with E-state index in [0.717, 1.165) is 13.0 Å². The Labute approximate surface area is 147 Å². The lowest BCUT2D eigenvalue weighted by Crippen LogP contribution is -2.45. The Bertz CT molecular complexity index is 648. The maximum atomic E-state index is 12.7. The van der Waals surface area contributed by atoms with Gasteiger partial charge in [0.2, 0.25) is 0 Å². The normalized spacial score (nSPS) is 23.1. The number of halogens is 1. The number of cyclic esters (lactones) is 1. The van der Waals surface area contributed by atoms with Crippen LogP contribution in [0.15, 0.2) is 12.3 Å². The molecule has 0 aliphatic carbocycles. The lowest BCUT2D eigenvalue weighted by molar-refractivity contribution is -0.150. The van der Waals surface area contributed by atoms with E-state index in [9.17, 15) is 9.59 Å². The third kappa shape index (κ3) is 3.17. The number of hydrogen-bond acceptors (Lipinski definition) is 4. The van der Waals surface area contributed by atoms with E-state index in [4.69, 9.17) is 16.3 Å². The lowest BCUT2D eigenvalue weighted by Gasteiger charge is -2.36. The predicted octanol–water partition coefficient (Wildman–Crippen LogP) is 1.78. The number of hydrogen-bond donors (Lipinski definition) is 0. The topological polar surface area (TPSA) is 54.8 Å². The molecule has 0 N–H and O–H groups in total. The first kappa shape index (κ1) is 17.3. The van der Waals surface area contributed by atoms with Crippen LogP contribution in [0.1, 0.15) is 29.8 Å². The molecular formula is C17H24ClN3O3. The van der Waals surface area contributed by atoms with Gasteiger partial charge in [0.15, 0.2) is 0 Å². The molecule has 24 heavy (non-hydrogen) atoms. The highest BCUT2D eigenvalue weighted by atomic mass is 35.5. The monoisotopic (exact) mass is 353 g/mol. The molecule has 1 amide bonds. The molecule has 0 bridgehead atoms. The second kappa shape index (κ2) is 6.41. The lowest BCUT2D eigenvalue weighted by atomic mass is 9.76. The Hall–Kier alpha value is -1.53. The van der Waals surface area contributed by atoms with Crippen LogP contribution in [0.4, 0.5) is 0 Å². The van der Waals surface area contributed by atoms with Crippen molar-refractivity contribution in [3.05, 3.63) is 23.0 Å². The second-order valence-electron chi connectivity index (χ2n) is 7.22. The molecule has 132 valence electrons. The number of esters is 1. The Morgan fingerprint density at radius 3 is 2.62 bits per heavy atom. The van der Waals surface area contributed by atoms with Gasteiger partial charge in [-0.3, -0.25) is 9.59 Å². The first-order valence-corrected chi connectivity index (χ1v) is 8.65. The molecule has 0 radical (unpaired) electrons. The number of nitrogens with zero attached hydrogens (tertiary/aromatic N) is 3. The summed E-state index contributed by atoms with van der Waals surface area (Å²) in [5.74, 6) is -0.126. The summed E-state index contributed by atoms with van der Waals surface area (Å²) in [5, 5.41) is 0.556. The Morgan fingerprint density at radius 2 is 2.08 bits per heavy atom. The maximum Gasteiger partial charge on any atom is 0.312 e. The molecule has 2 aliphatic rings. The summed E-state index contributed by atoms with van der Waals surface area (Å²) in [6.07, 6.45) is 3.77. The van der Waals surface area contributed by atoms with E-state index >= 15 is 0 Å². The van der Waals surface area contributed by atoms with Crippen molar-refractivity contribution < 1.29 is 14.3 Å². The summed E-state index contributed by atoms with van der Waals surface area (Å²) in [6.45, 7) is 1.90. The van der Waals surface area contributed by atoms with Gasteiger partial charge < -0.3 is 19.1 Å². The molecule has 7 heteroatoms. The summed E-state index contributed by atoms with van der Waals surface area (Å²) in [4.78, 5) is 28.9. The third-order valence-corrected chi connectivity index (χ3v) is 5.30. The van der Waals surface area contributed by atoms with Crippen LogP contribution in [0.3, 0.4) is 0 Å². The predicted molar refractivity (Wildman–Crippen MR) is 91.0 cm³/mol. The smallest absolute Gasteiger partial charge is 0.312 e. The molecule has 1 atom stereocenters. The van der Waals surface area contributed by atoms with E-state index in [1.807, 2.05) is 30.9 Å². The van der Waals surface area contributed by atoms with Gasteiger partial charge in [0.05, 0.1) is 10.4 Å². The number of ether oxygens (including phenoxy) is 1. The quantitative estimate of drug-likeness (QED) is 0.777. The molecule has 1 aromatic rings. The molecule has 0 aromatic carbocycles. The van der Waals surface area contributed by atoms with E-state index in [-0.39, 0.29) is 18.0 Å². The van der Waals surface area contributed by atoms with Gasteiger partial charge in [-0.05, 0) is 33.0 Å². The number of carbonyl (C=O) groups is 2. The van der Waals surface area contributed by atoms with Crippen LogP contribution < -0.4 is 0 Å². The minimum atomic E-state index is -0.413. The Morgan fingerprint density at radius 1 is 1.42 bits per heavy atom. The van der Waals surface area contributed by atoms with Gasteiger partial charge in [-0.15, -0.1) is 0 Å². The molecule has 1 spiro atoms. The number of likely N-dealkylation sites (tertiary alicyclic amines) is 1. The largest absolute Gasteiger partial charge is 0.461 e. The zero-order valence-corrected chi connectivity index (χ0v) is 15.2. The molecular weight excluding hydrogens is 330 g/mol. The zero-order valence-electron chi connectivity index (χ0n) is 14.4. The maximum absolute atomic E-state index is 12.7. The number of aromatic nitrogens is 1. The van der Waals surface area contributed by atoms with E-state index in [1.54, 1.807) is 16.8 Å². The molecule has 1 unspecified atom stereocenters. The fourth-order valence-corrected chi connectivity index (χ4v) is 4.04. The number of piperidine rings is 1. The Kier molecular flexibility index (Phi) is 4.62. The van der Waals surface area contributed by atoms with Crippen LogP contribution >= 0.6 is 11.6 Å². The molecule has 3 heterocycles. The van der Waals surface area contributed by atoms with E-state index in [1.165, 1.54) is 0 Å². The second-order valence-corrected chi connectivity index (χ2v) is 7.66. The fraction of sp³-hybridized carbons (Fsp3) is 0.647. The molecule has 6 nitrogen and oxygen atoms in total. The molecule has 0 saturated carbocycles. The summed E-state index contributed by atoms with van der Waals surface area (Å²) < 4.78 is 7.30. The summed E-state index contributed by atoms with van der Waals surface area (Å²) >= 11 is 5.97. The van der Waals surface area contributed by atoms with Crippen molar-refractivity contribution in [3.63, 3.8) is 0 Å². The van der Waals surface area contributed by atoms with E-state index in [0.29, 0.717) is 36.6 Å². The molecule has 3 rings (SSSR count). The van der Waals surface area contributed by atoms with Crippen LogP contribution in [0.25, 0.3) is 0 Å².